The van der Waals surface area contributed by atoms with E-state index in [0.717, 1.165) is 30.5 Å². The molecular formula is C38H48N4O6Si. The second kappa shape index (κ2) is 14.5. The van der Waals surface area contributed by atoms with Crippen LogP contribution in [-0.4, -0.2) is 73.2 Å². The molecule has 260 valence electrons. The molecule has 3 aromatic rings. The number of hydrogen-bond acceptors (Lipinski definition) is 7. The second-order valence-corrected chi connectivity index (χ2v) is 18.2. The molecule has 3 amide bonds. The van der Waals surface area contributed by atoms with Crippen molar-refractivity contribution >= 4 is 37.4 Å². The maximum Gasteiger partial charge on any atom is 0.264 e. The molecule has 1 spiro atoms. The lowest BCUT2D eigenvalue weighted by Gasteiger charge is -2.32. The van der Waals surface area contributed by atoms with Gasteiger partial charge in [0.05, 0.1) is 37.3 Å². The summed E-state index contributed by atoms with van der Waals surface area (Å²) in [5.74, 6) is -1.15. The molecule has 3 heterocycles. The van der Waals surface area contributed by atoms with E-state index in [1.807, 2.05) is 98.9 Å². The highest BCUT2D eigenvalue weighted by molar-refractivity contribution is 6.71. The fourth-order valence-electron chi connectivity index (χ4n) is 8.12. The van der Waals surface area contributed by atoms with Gasteiger partial charge in [0, 0.05) is 42.3 Å². The van der Waals surface area contributed by atoms with E-state index < -0.39 is 31.5 Å². The van der Waals surface area contributed by atoms with Crippen LogP contribution in [0.5, 0.6) is 0 Å². The Hall–Kier alpha value is -3.87. The Bertz CT molecular complexity index is 1640. The fraction of sp³-hybridized carbons (Fsp3) is 0.447. The van der Waals surface area contributed by atoms with Gasteiger partial charge in [-0.05, 0) is 61.8 Å². The van der Waals surface area contributed by atoms with Gasteiger partial charge in [0.15, 0.2) is 13.9 Å². The van der Waals surface area contributed by atoms with Crippen molar-refractivity contribution in [1.29, 1.82) is 0 Å². The zero-order valence-corrected chi connectivity index (χ0v) is 29.6. The summed E-state index contributed by atoms with van der Waals surface area (Å²) in [7, 11) is -3.04. The Kier molecular flexibility index (Phi) is 10.4. The van der Waals surface area contributed by atoms with Crippen LogP contribution in [0.4, 0.5) is 11.4 Å². The monoisotopic (exact) mass is 684 g/mol. The van der Waals surface area contributed by atoms with E-state index in [1.54, 1.807) is 9.80 Å². The van der Waals surface area contributed by atoms with Crippen molar-refractivity contribution in [1.82, 2.24) is 10.2 Å². The van der Waals surface area contributed by atoms with Crippen LogP contribution in [0.2, 0.25) is 18.6 Å². The molecular weight excluding hydrogens is 637 g/mol. The number of carbonyl (C=O) groups is 3. The van der Waals surface area contributed by atoms with E-state index >= 15 is 0 Å². The molecule has 3 aromatic carbocycles. The van der Waals surface area contributed by atoms with Crippen LogP contribution in [0.1, 0.15) is 42.9 Å². The molecule has 0 aromatic heterocycles. The molecule has 0 saturated carbocycles. The molecule has 0 bridgehead atoms. The first-order chi connectivity index (χ1) is 23.5. The molecule has 6 rings (SSSR count). The third-order valence-electron chi connectivity index (χ3n) is 10.4. The summed E-state index contributed by atoms with van der Waals surface area (Å²) in [5.41, 5.74) is 1.86. The Labute approximate surface area is 289 Å². The number of anilines is 2. The van der Waals surface area contributed by atoms with Crippen LogP contribution in [0.15, 0.2) is 78.9 Å². The van der Waals surface area contributed by atoms with Gasteiger partial charge in [0.2, 0.25) is 11.8 Å². The molecule has 10 nitrogen and oxygen atoms in total. The first kappa shape index (κ1) is 35.0. The third-order valence-corrected chi connectivity index (χ3v) is 12.9. The molecule has 2 fully saturated rings. The summed E-state index contributed by atoms with van der Waals surface area (Å²) >= 11 is 0. The van der Waals surface area contributed by atoms with Crippen LogP contribution >= 0.6 is 0 Å². The zero-order valence-electron chi connectivity index (χ0n) is 28.6. The van der Waals surface area contributed by atoms with Crippen molar-refractivity contribution in [2.24, 2.45) is 11.8 Å². The highest BCUT2D eigenvalue weighted by Crippen LogP contribution is 2.60. The molecule has 5 atom stereocenters. The van der Waals surface area contributed by atoms with Crippen molar-refractivity contribution in [2.75, 3.05) is 36.5 Å². The number of rotatable bonds is 11. The topological polar surface area (TPSA) is 131 Å². The molecule has 3 aliphatic rings. The van der Waals surface area contributed by atoms with Gasteiger partial charge in [-0.15, -0.1) is 0 Å². The molecule has 11 heteroatoms. The van der Waals surface area contributed by atoms with E-state index in [1.165, 1.54) is 0 Å². The number of ether oxygens (including phenoxy) is 1. The van der Waals surface area contributed by atoms with Crippen LogP contribution < -0.4 is 15.5 Å². The fourth-order valence-corrected chi connectivity index (χ4v) is 10.7. The number of benzene rings is 3. The van der Waals surface area contributed by atoms with Gasteiger partial charge in [-0.2, -0.15) is 0 Å². The van der Waals surface area contributed by atoms with E-state index in [0.29, 0.717) is 36.6 Å². The molecule has 0 aliphatic carbocycles. The normalized spacial score (nSPS) is 25.0. The quantitative estimate of drug-likeness (QED) is 0.221. The number of nitrogens with one attached hydrogen (secondary N) is 2. The van der Waals surface area contributed by atoms with Crippen molar-refractivity contribution < 1.29 is 29.0 Å². The van der Waals surface area contributed by atoms with Crippen LogP contribution in [-0.2, 0) is 37.8 Å². The van der Waals surface area contributed by atoms with E-state index in [-0.39, 0.29) is 43.2 Å². The summed E-state index contributed by atoms with van der Waals surface area (Å²) < 4.78 is 6.94. The molecule has 49 heavy (non-hydrogen) atoms. The summed E-state index contributed by atoms with van der Waals surface area (Å²) in [6, 6.07) is 24.9. The number of amides is 3. The maximum absolute atomic E-state index is 14.9. The number of aliphatic hydroxyl groups is 1. The number of hydrogen-bond donors (Lipinski definition) is 4. The van der Waals surface area contributed by atoms with E-state index in [2.05, 4.69) is 10.6 Å². The van der Waals surface area contributed by atoms with Gasteiger partial charge in [-0.1, -0.05) is 67.6 Å². The number of nitrogens with zero attached hydrogens (tertiary/aromatic N) is 2. The average Bonchev–Trinajstić information content (AvgIpc) is 3.51. The minimum atomic E-state index is -3.04. The SMILES string of the molecule is C[C@H]1[C@H]([Si](C)(C)O)[C@@H](CC(=O)N(CCO)Cc2ccccc2)O[C@]12C(=O)N(Cc1ccccc1)c1ccc(NC(=O)C3CCCNC3)cc12. The van der Waals surface area contributed by atoms with Gasteiger partial charge in [0.1, 0.15) is 0 Å². The second-order valence-electron chi connectivity index (χ2n) is 14.2. The van der Waals surface area contributed by atoms with E-state index in [9.17, 15) is 24.3 Å². The van der Waals surface area contributed by atoms with Gasteiger partial charge in [0.25, 0.3) is 5.91 Å². The van der Waals surface area contributed by atoms with Gasteiger partial charge >= 0.3 is 0 Å². The van der Waals surface area contributed by atoms with Crippen molar-refractivity contribution in [3.63, 3.8) is 0 Å². The van der Waals surface area contributed by atoms with Crippen LogP contribution in [0, 0.1) is 11.8 Å². The molecule has 4 N–H and O–H groups in total. The highest BCUT2D eigenvalue weighted by atomic mass is 28.4. The number of piperidine rings is 1. The summed E-state index contributed by atoms with van der Waals surface area (Å²) in [6.45, 7) is 7.74. The zero-order chi connectivity index (χ0) is 34.8. The molecule has 2 saturated heterocycles. The van der Waals surface area contributed by atoms with Crippen LogP contribution in [0.3, 0.4) is 0 Å². The minimum Gasteiger partial charge on any atom is -0.432 e. The Morgan fingerprint density at radius 1 is 1.06 bits per heavy atom. The van der Waals surface area contributed by atoms with E-state index in [4.69, 9.17) is 4.74 Å². The molecule has 0 radical (unpaired) electrons. The number of aliphatic hydroxyl groups excluding tert-OH is 1. The third kappa shape index (κ3) is 7.09. The van der Waals surface area contributed by atoms with Crippen molar-refractivity contribution in [3.8, 4) is 0 Å². The molecule has 1 unspecified atom stereocenters. The number of carbonyl (C=O) groups excluding carboxylic acids is 3. The lowest BCUT2D eigenvalue weighted by Crippen LogP contribution is -2.46. The van der Waals surface area contributed by atoms with Gasteiger partial charge in [-0.3, -0.25) is 14.4 Å². The first-order valence-corrected chi connectivity index (χ1v) is 20.4. The Balaban J connectivity index is 1.36. The van der Waals surface area contributed by atoms with Crippen molar-refractivity contribution in [2.45, 2.75) is 69.6 Å². The lowest BCUT2D eigenvalue weighted by atomic mass is 9.82. The van der Waals surface area contributed by atoms with Crippen LogP contribution in [0.25, 0.3) is 0 Å². The molecule has 3 aliphatic heterocycles. The summed E-state index contributed by atoms with van der Waals surface area (Å²) in [4.78, 5) is 57.2. The van der Waals surface area contributed by atoms with Gasteiger partial charge in [-0.25, -0.2) is 0 Å². The van der Waals surface area contributed by atoms with Crippen molar-refractivity contribution in [3.05, 3.63) is 95.6 Å². The minimum absolute atomic E-state index is 0.0486. The predicted octanol–water partition coefficient (Wildman–Crippen LogP) is 4.38. The summed E-state index contributed by atoms with van der Waals surface area (Å²) in [5, 5.41) is 16.2. The largest absolute Gasteiger partial charge is 0.432 e. The average molecular weight is 685 g/mol. The maximum atomic E-state index is 14.9. The van der Waals surface area contributed by atoms with Gasteiger partial charge < -0.3 is 35.1 Å². The lowest BCUT2D eigenvalue weighted by molar-refractivity contribution is -0.150. The Morgan fingerprint density at radius 3 is 2.39 bits per heavy atom. The smallest absolute Gasteiger partial charge is 0.264 e. The predicted molar refractivity (Wildman–Crippen MR) is 191 cm³/mol. The summed E-state index contributed by atoms with van der Waals surface area (Å²) in [6.07, 6.45) is 0.949. The Morgan fingerprint density at radius 2 is 1.76 bits per heavy atom. The number of fused-ring (bicyclic) bond motifs is 2. The first-order valence-electron chi connectivity index (χ1n) is 17.4. The highest BCUT2D eigenvalue weighted by Gasteiger charge is 2.66. The standard InChI is InChI=1S/C38H48N4O6Si/c1-26-35(49(2,3)47)33(22-34(44)41(19-20-43)24-27-11-6-4-7-12-27)48-38(26)31-21-30(40-36(45)29-15-10-18-39-23-29)16-17-32(31)42(37(38)46)25-28-13-8-5-9-14-28/h4-9,11-14,16-17,21,26,29,33,35,39,43,47H,10,15,18-20,22-25H2,1-3H3,(H,40,45)/t26-,29?,33+,35-,38+/m0/s1.